The van der Waals surface area contributed by atoms with E-state index in [-0.39, 0.29) is 11.3 Å². The van der Waals surface area contributed by atoms with Gasteiger partial charge in [-0.3, -0.25) is 4.79 Å². The number of benzene rings is 1. The molecule has 4 fully saturated rings. The summed E-state index contributed by atoms with van der Waals surface area (Å²) in [4.78, 5) is 24.7. The number of carboxylic acid groups (broad SMARTS) is 1. The molecule has 0 saturated heterocycles. The third-order valence-corrected chi connectivity index (χ3v) is 7.26. The molecule has 27 heavy (non-hydrogen) atoms. The van der Waals surface area contributed by atoms with Crippen molar-refractivity contribution in [2.45, 2.75) is 63.3 Å². The van der Waals surface area contributed by atoms with Crippen LogP contribution in [-0.2, 0) is 15.0 Å². The molecule has 1 aromatic carbocycles. The smallest absolute Gasteiger partial charge is 0.326 e. The summed E-state index contributed by atoms with van der Waals surface area (Å²) in [5.41, 5.74) is 0.936. The summed E-state index contributed by atoms with van der Waals surface area (Å²) in [6.45, 7) is 1.80. The van der Waals surface area contributed by atoms with Crippen molar-refractivity contribution in [1.29, 1.82) is 0 Å². The van der Waals surface area contributed by atoms with Crippen LogP contribution in [0.3, 0.4) is 0 Å². The van der Waals surface area contributed by atoms with Crippen LogP contribution in [-0.4, -0.2) is 30.1 Å². The van der Waals surface area contributed by atoms with Gasteiger partial charge in [0.1, 0.15) is 11.8 Å². The molecule has 4 aliphatic carbocycles. The van der Waals surface area contributed by atoms with Gasteiger partial charge in [0.2, 0.25) is 5.91 Å². The minimum atomic E-state index is -0.944. The molecule has 3 unspecified atom stereocenters. The molecule has 4 bridgehead atoms. The largest absolute Gasteiger partial charge is 0.497 e. The molecular weight excluding hydrogens is 342 g/mol. The second-order valence-electron chi connectivity index (χ2n) is 9.02. The van der Waals surface area contributed by atoms with Crippen molar-refractivity contribution in [3.8, 4) is 5.75 Å². The van der Waals surface area contributed by atoms with Gasteiger partial charge < -0.3 is 15.2 Å². The lowest BCUT2D eigenvalue weighted by molar-refractivity contribution is -0.153. The summed E-state index contributed by atoms with van der Waals surface area (Å²) in [6.07, 6.45) is 6.55. The van der Waals surface area contributed by atoms with Gasteiger partial charge in [-0.1, -0.05) is 19.1 Å². The van der Waals surface area contributed by atoms with E-state index < -0.39 is 17.4 Å². The summed E-state index contributed by atoms with van der Waals surface area (Å²) in [5.74, 6) is 0.986. The first-order valence-corrected chi connectivity index (χ1v) is 10.1. The van der Waals surface area contributed by atoms with E-state index in [2.05, 4.69) is 17.4 Å². The molecule has 0 radical (unpaired) electrons. The molecule has 5 heteroatoms. The Kier molecular flexibility index (Phi) is 4.44. The van der Waals surface area contributed by atoms with Crippen LogP contribution in [0.5, 0.6) is 5.75 Å². The molecule has 0 aromatic heterocycles. The van der Waals surface area contributed by atoms with Gasteiger partial charge in [0.15, 0.2) is 0 Å². The molecule has 4 aliphatic rings. The Labute approximate surface area is 160 Å². The topological polar surface area (TPSA) is 75.6 Å². The van der Waals surface area contributed by atoms with Crippen LogP contribution in [0.15, 0.2) is 24.3 Å². The Morgan fingerprint density at radius 3 is 2.33 bits per heavy atom. The zero-order valence-electron chi connectivity index (χ0n) is 16.2. The Balaban J connectivity index is 1.63. The van der Waals surface area contributed by atoms with Gasteiger partial charge in [-0.05, 0) is 79.9 Å². The van der Waals surface area contributed by atoms with Crippen molar-refractivity contribution >= 4 is 11.9 Å². The number of aliphatic carboxylic acids is 1. The van der Waals surface area contributed by atoms with Crippen molar-refractivity contribution in [1.82, 2.24) is 5.32 Å². The number of carboxylic acids is 1. The van der Waals surface area contributed by atoms with E-state index in [4.69, 9.17) is 4.74 Å². The second kappa shape index (κ2) is 6.54. The zero-order chi connectivity index (χ0) is 19.2. The van der Waals surface area contributed by atoms with Gasteiger partial charge in [0, 0.05) is 0 Å². The fraction of sp³-hybridized carbons (Fsp3) is 0.636. The first-order chi connectivity index (χ1) is 12.9. The van der Waals surface area contributed by atoms with Crippen LogP contribution < -0.4 is 10.1 Å². The van der Waals surface area contributed by atoms with Crippen molar-refractivity contribution in [2.24, 2.45) is 17.3 Å². The van der Waals surface area contributed by atoms with Gasteiger partial charge >= 0.3 is 5.97 Å². The molecule has 4 saturated carbocycles. The van der Waals surface area contributed by atoms with E-state index in [1.165, 1.54) is 12.0 Å². The van der Waals surface area contributed by atoms with Crippen LogP contribution in [0.4, 0.5) is 0 Å². The summed E-state index contributed by atoms with van der Waals surface area (Å²) in [6, 6.07) is 7.55. The van der Waals surface area contributed by atoms with Crippen LogP contribution in [0.1, 0.15) is 57.4 Å². The Morgan fingerprint density at radius 2 is 1.81 bits per heavy atom. The molecule has 146 valence electrons. The molecular formula is C22H29NO4. The fourth-order valence-corrected chi connectivity index (χ4v) is 6.46. The van der Waals surface area contributed by atoms with Gasteiger partial charge in [0.05, 0.1) is 12.5 Å². The molecule has 3 atom stereocenters. The maximum atomic E-state index is 13.2. The molecule has 2 N–H and O–H groups in total. The Hall–Kier alpha value is -2.04. The lowest BCUT2D eigenvalue weighted by Gasteiger charge is -2.61. The average molecular weight is 371 g/mol. The number of carbonyl (C=O) groups excluding carboxylic acids is 1. The predicted octanol–water partition coefficient (Wildman–Crippen LogP) is 3.51. The maximum absolute atomic E-state index is 13.2. The van der Waals surface area contributed by atoms with E-state index >= 15 is 0 Å². The van der Waals surface area contributed by atoms with Crippen molar-refractivity contribution < 1.29 is 19.4 Å². The van der Waals surface area contributed by atoms with Gasteiger partial charge in [-0.2, -0.15) is 0 Å². The van der Waals surface area contributed by atoms with Crippen LogP contribution in [0.2, 0.25) is 0 Å². The van der Waals surface area contributed by atoms with E-state index in [0.717, 1.165) is 37.9 Å². The van der Waals surface area contributed by atoms with Crippen LogP contribution in [0, 0.1) is 17.3 Å². The van der Waals surface area contributed by atoms with E-state index in [9.17, 15) is 14.7 Å². The van der Waals surface area contributed by atoms with Gasteiger partial charge in [0.25, 0.3) is 0 Å². The lowest BCUT2D eigenvalue weighted by atomic mass is 9.42. The first kappa shape index (κ1) is 18.3. The third kappa shape index (κ3) is 3.01. The highest BCUT2D eigenvalue weighted by atomic mass is 16.5. The zero-order valence-corrected chi connectivity index (χ0v) is 16.2. The third-order valence-electron chi connectivity index (χ3n) is 7.26. The highest BCUT2D eigenvalue weighted by Crippen LogP contribution is 2.65. The molecule has 0 heterocycles. The molecule has 1 amide bonds. The van der Waals surface area contributed by atoms with Crippen molar-refractivity contribution in [2.75, 3.05) is 7.11 Å². The first-order valence-electron chi connectivity index (χ1n) is 10.1. The minimum Gasteiger partial charge on any atom is -0.497 e. The number of hydrogen-bond donors (Lipinski definition) is 2. The number of amides is 1. The molecule has 5 rings (SSSR count). The second-order valence-corrected chi connectivity index (χ2v) is 9.02. The highest BCUT2D eigenvalue weighted by molar-refractivity contribution is 5.88. The molecule has 0 aliphatic heterocycles. The number of rotatable bonds is 6. The summed E-state index contributed by atoms with van der Waals surface area (Å²) in [5, 5.41) is 12.2. The lowest BCUT2D eigenvalue weighted by Crippen LogP contribution is -2.60. The summed E-state index contributed by atoms with van der Waals surface area (Å²) < 4.78 is 5.30. The number of nitrogens with one attached hydrogen (secondary N) is 1. The van der Waals surface area contributed by atoms with E-state index in [1.54, 1.807) is 14.0 Å². The van der Waals surface area contributed by atoms with Gasteiger partial charge in [-0.25, -0.2) is 4.79 Å². The van der Waals surface area contributed by atoms with Crippen molar-refractivity contribution in [3.63, 3.8) is 0 Å². The molecule has 0 spiro atoms. The average Bonchev–Trinajstić information content (AvgIpc) is 2.64. The van der Waals surface area contributed by atoms with Crippen LogP contribution >= 0.6 is 0 Å². The normalized spacial score (nSPS) is 34.9. The van der Waals surface area contributed by atoms with E-state index in [0.29, 0.717) is 18.3 Å². The summed E-state index contributed by atoms with van der Waals surface area (Å²) >= 11 is 0. The number of hydrogen-bond acceptors (Lipinski definition) is 3. The Morgan fingerprint density at radius 1 is 1.19 bits per heavy atom. The number of carbonyl (C=O) groups is 2. The highest BCUT2D eigenvalue weighted by Gasteiger charge is 2.61. The Bertz CT molecular complexity index is 727. The number of methoxy groups -OCH3 is 1. The monoisotopic (exact) mass is 371 g/mol. The summed E-state index contributed by atoms with van der Waals surface area (Å²) in [7, 11) is 1.67. The molecule has 1 aromatic rings. The van der Waals surface area contributed by atoms with Crippen LogP contribution in [0.25, 0.3) is 0 Å². The SMILES string of the molecule is CCC(NC(=O)C12CC3CC(C1)CC(c1ccc(OC)cc1)(C3)C2)C(=O)O. The standard InChI is InChI=1S/C22H29NO4/c1-3-18(19(24)25)23-20(26)22-11-14-8-15(12-22)10-21(9-14,13-22)16-4-6-17(27-2)7-5-16/h4-7,14-15,18H,3,8-13H2,1-2H3,(H,23,26)(H,24,25). The fourth-order valence-electron chi connectivity index (χ4n) is 6.46. The number of ether oxygens (including phenoxy) is 1. The molecule has 5 nitrogen and oxygen atoms in total. The quantitative estimate of drug-likeness (QED) is 0.802. The van der Waals surface area contributed by atoms with E-state index in [1.807, 2.05) is 12.1 Å². The van der Waals surface area contributed by atoms with Gasteiger partial charge in [-0.15, -0.1) is 0 Å². The maximum Gasteiger partial charge on any atom is 0.326 e. The minimum absolute atomic E-state index is 0.0382. The van der Waals surface area contributed by atoms with Crippen molar-refractivity contribution in [3.05, 3.63) is 29.8 Å². The predicted molar refractivity (Wildman–Crippen MR) is 102 cm³/mol.